The van der Waals surface area contributed by atoms with E-state index < -0.39 is 5.54 Å². The molecule has 1 aromatic rings. The number of carbonyl (C=O) groups is 1. The number of hydrogen-bond donors (Lipinski definition) is 2. The molecule has 0 radical (unpaired) electrons. The largest absolute Gasteiger partial charge is 0.381 e. The van der Waals surface area contributed by atoms with Gasteiger partial charge in [-0.25, -0.2) is 0 Å². The van der Waals surface area contributed by atoms with Gasteiger partial charge in [0, 0.05) is 19.3 Å². The second-order valence-corrected chi connectivity index (χ2v) is 4.39. The number of hydrogen-bond acceptors (Lipinski definition) is 5. The molecule has 6 heteroatoms. The number of amides is 1. The predicted molar refractivity (Wildman–Crippen MR) is 60.1 cm³/mol. The lowest BCUT2D eigenvalue weighted by molar-refractivity contribution is -0.130. The third-order valence-electron chi connectivity index (χ3n) is 2.94. The van der Waals surface area contributed by atoms with Crippen molar-refractivity contribution in [3.8, 4) is 0 Å². The molecule has 0 unspecified atom stereocenters. The van der Waals surface area contributed by atoms with Crippen molar-refractivity contribution in [1.82, 2.24) is 10.5 Å². The summed E-state index contributed by atoms with van der Waals surface area (Å²) < 4.78 is 10.2. The lowest BCUT2D eigenvalue weighted by Crippen LogP contribution is -2.56. The summed E-state index contributed by atoms with van der Waals surface area (Å²) in [5, 5.41) is 6.52. The van der Waals surface area contributed by atoms with E-state index in [0.29, 0.717) is 38.4 Å². The van der Waals surface area contributed by atoms with Crippen LogP contribution in [-0.4, -0.2) is 29.8 Å². The summed E-state index contributed by atoms with van der Waals surface area (Å²) in [6.07, 6.45) is 1.10. The van der Waals surface area contributed by atoms with E-state index in [0.717, 1.165) is 5.69 Å². The van der Waals surface area contributed by atoms with Gasteiger partial charge in [-0.2, -0.15) is 0 Å². The van der Waals surface area contributed by atoms with Gasteiger partial charge in [-0.15, -0.1) is 0 Å². The highest BCUT2D eigenvalue weighted by Gasteiger charge is 2.35. The number of aromatic nitrogens is 1. The van der Waals surface area contributed by atoms with Gasteiger partial charge in [0.2, 0.25) is 5.91 Å². The first-order valence-electron chi connectivity index (χ1n) is 5.67. The van der Waals surface area contributed by atoms with Crippen molar-refractivity contribution >= 4 is 5.91 Å². The Kier molecular flexibility index (Phi) is 3.44. The fraction of sp³-hybridized carbons (Fsp3) is 0.636. The smallest absolute Gasteiger partial charge is 0.240 e. The highest BCUT2D eigenvalue weighted by Crippen LogP contribution is 2.17. The summed E-state index contributed by atoms with van der Waals surface area (Å²) in [5.74, 6) is 0.473. The third kappa shape index (κ3) is 2.83. The van der Waals surface area contributed by atoms with Gasteiger partial charge in [-0.3, -0.25) is 4.79 Å². The van der Waals surface area contributed by atoms with Crippen LogP contribution >= 0.6 is 0 Å². The Bertz CT molecular complexity index is 396. The summed E-state index contributed by atoms with van der Waals surface area (Å²) >= 11 is 0. The fourth-order valence-electron chi connectivity index (χ4n) is 1.81. The zero-order valence-electron chi connectivity index (χ0n) is 9.86. The van der Waals surface area contributed by atoms with Crippen LogP contribution in [0.1, 0.15) is 24.3 Å². The monoisotopic (exact) mass is 239 g/mol. The van der Waals surface area contributed by atoms with Crippen LogP contribution in [0.25, 0.3) is 0 Å². The fourth-order valence-corrected chi connectivity index (χ4v) is 1.81. The van der Waals surface area contributed by atoms with E-state index in [9.17, 15) is 4.79 Å². The third-order valence-corrected chi connectivity index (χ3v) is 2.94. The van der Waals surface area contributed by atoms with Crippen LogP contribution in [0.3, 0.4) is 0 Å². The van der Waals surface area contributed by atoms with Gasteiger partial charge in [0.25, 0.3) is 0 Å². The molecule has 1 aliphatic rings. The molecule has 17 heavy (non-hydrogen) atoms. The van der Waals surface area contributed by atoms with Crippen LogP contribution in [0.15, 0.2) is 10.6 Å². The number of nitrogens with two attached hydrogens (primary N) is 1. The van der Waals surface area contributed by atoms with E-state index in [-0.39, 0.29) is 5.91 Å². The first kappa shape index (κ1) is 12.1. The summed E-state index contributed by atoms with van der Waals surface area (Å²) in [6, 6.07) is 1.79. The molecule has 1 aliphatic heterocycles. The molecule has 6 nitrogen and oxygen atoms in total. The normalized spacial score (nSPS) is 18.9. The zero-order chi connectivity index (χ0) is 12.3. The van der Waals surface area contributed by atoms with Gasteiger partial charge in [0.1, 0.15) is 0 Å². The molecule has 0 spiro atoms. The maximum atomic E-state index is 11.9. The minimum absolute atomic E-state index is 0.158. The maximum Gasteiger partial charge on any atom is 0.240 e. The molecule has 0 aromatic carbocycles. The van der Waals surface area contributed by atoms with Gasteiger partial charge in [0.15, 0.2) is 5.76 Å². The zero-order valence-corrected chi connectivity index (χ0v) is 9.86. The Morgan fingerprint density at radius 1 is 1.59 bits per heavy atom. The quantitative estimate of drug-likeness (QED) is 0.781. The van der Waals surface area contributed by atoms with Crippen molar-refractivity contribution < 1.29 is 14.1 Å². The van der Waals surface area contributed by atoms with Crippen molar-refractivity contribution in [3.63, 3.8) is 0 Å². The van der Waals surface area contributed by atoms with Gasteiger partial charge in [-0.1, -0.05) is 5.16 Å². The van der Waals surface area contributed by atoms with Crippen LogP contribution in [0.2, 0.25) is 0 Å². The summed E-state index contributed by atoms with van der Waals surface area (Å²) in [6.45, 7) is 3.22. The molecule has 1 amide bonds. The van der Waals surface area contributed by atoms with Crippen LogP contribution < -0.4 is 11.1 Å². The van der Waals surface area contributed by atoms with E-state index >= 15 is 0 Å². The number of ether oxygens (including phenoxy) is 1. The van der Waals surface area contributed by atoms with E-state index in [1.54, 1.807) is 6.07 Å². The Morgan fingerprint density at radius 3 is 2.88 bits per heavy atom. The Labute approximate surface area is 99.5 Å². The molecule has 1 fully saturated rings. The standard InChI is InChI=1S/C11H17N3O3/c1-8-6-9(17-14-8)7-13-10(15)11(12)2-4-16-5-3-11/h6H,2-5,7,12H2,1H3,(H,13,15). The van der Waals surface area contributed by atoms with Crippen LogP contribution in [0.5, 0.6) is 0 Å². The second kappa shape index (κ2) is 4.85. The molecule has 1 aromatic heterocycles. The van der Waals surface area contributed by atoms with Gasteiger partial charge < -0.3 is 20.3 Å². The molecule has 2 heterocycles. The van der Waals surface area contributed by atoms with Gasteiger partial charge in [0.05, 0.1) is 17.8 Å². The molecule has 2 rings (SSSR count). The van der Waals surface area contributed by atoms with E-state index in [1.807, 2.05) is 6.92 Å². The highest BCUT2D eigenvalue weighted by atomic mass is 16.5. The molecule has 3 N–H and O–H groups in total. The molecule has 0 bridgehead atoms. The second-order valence-electron chi connectivity index (χ2n) is 4.39. The number of carbonyl (C=O) groups excluding carboxylic acids is 1. The number of nitrogens with one attached hydrogen (secondary N) is 1. The number of aryl methyl sites for hydroxylation is 1. The van der Waals surface area contributed by atoms with Crippen LogP contribution in [0, 0.1) is 6.92 Å². The number of nitrogens with zero attached hydrogens (tertiary/aromatic N) is 1. The van der Waals surface area contributed by atoms with Crippen molar-refractivity contribution in [3.05, 3.63) is 17.5 Å². The summed E-state index contributed by atoms with van der Waals surface area (Å²) in [5.41, 5.74) is 6.02. The minimum atomic E-state index is -0.812. The maximum absolute atomic E-state index is 11.9. The predicted octanol–water partition coefficient (Wildman–Crippen LogP) is 0.107. The lowest BCUT2D eigenvalue weighted by Gasteiger charge is -2.31. The molecule has 94 valence electrons. The van der Waals surface area contributed by atoms with Crippen LogP contribution in [-0.2, 0) is 16.1 Å². The van der Waals surface area contributed by atoms with Crippen molar-refractivity contribution in [2.24, 2.45) is 5.73 Å². The first-order chi connectivity index (χ1) is 8.10. The van der Waals surface area contributed by atoms with Gasteiger partial charge >= 0.3 is 0 Å². The number of rotatable bonds is 3. The summed E-state index contributed by atoms with van der Waals surface area (Å²) in [7, 11) is 0. The molecule has 0 aliphatic carbocycles. The molecular weight excluding hydrogens is 222 g/mol. The molecule has 0 saturated carbocycles. The van der Waals surface area contributed by atoms with Crippen molar-refractivity contribution in [2.75, 3.05) is 13.2 Å². The molecule has 0 atom stereocenters. The van der Waals surface area contributed by atoms with E-state index in [1.165, 1.54) is 0 Å². The van der Waals surface area contributed by atoms with Crippen LogP contribution in [0.4, 0.5) is 0 Å². The minimum Gasteiger partial charge on any atom is -0.381 e. The molecular formula is C11H17N3O3. The first-order valence-corrected chi connectivity index (χ1v) is 5.67. The van der Waals surface area contributed by atoms with E-state index in [2.05, 4.69) is 10.5 Å². The average Bonchev–Trinajstić information content (AvgIpc) is 2.73. The SMILES string of the molecule is Cc1cc(CNC(=O)C2(N)CCOCC2)on1. The van der Waals surface area contributed by atoms with Crippen molar-refractivity contribution in [2.45, 2.75) is 31.8 Å². The lowest BCUT2D eigenvalue weighted by atomic mass is 9.90. The van der Waals surface area contributed by atoms with Gasteiger partial charge in [-0.05, 0) is 19.8 Å². The topological polar surface area (TPSA) is 90.4 Å². The Hall–Kier alpha value is -1.40. The highest BCUT2D eigenvalue weighted by molar-refractivity contribution is 5.86. The average molecular weight is 239 g/mol. The Morgan fingerprint density at radius 2 is 2.29 bits per heavy atom. The Balaban J connectivity index is 1.88. The summed E-state index contributed by atoms with van der Waals surface area (Å²) in [4.78, 5) is 11.9. The van der Waals surface area contributed by atoms with E-state index in [4.69, 9.17) is 15.0 Å². The van der Waals surface area contributed by atoms with Crippen molar-refractivity contribution in [1.29, 1.82) is 0 Å². The molecule has 1 saturated heterocycles.